The van der Waals surface area contributed by atoms with Crippen LogP contribution in [-0.2, 0) is 28.4 Å². The minimum absolute atomic E-state index is 0.0583. The molecule has 0 aliphatic carbocycles. The predicted molar refractivity (Wildman–Crippen MR) is 104 cm³/mol. The lowest BCUT2D eigenvalue weighted by Crippen LogP contribution is -2.32. The zero-order chi connectivity index (χ0) is 20.5. The van der Waals surface area contributed by atoms with Crippen LogP contribution in [-0.4, -0.2) is 37.0 Å². The van der Waals surface area contributed by atoms with E-state index in [1.54, 1.807) is 30.1 Å². The third-order valence-electron chi connectivity index (χ3n) is 4.53. The van der Waals surface area contributed by atoms with Crippen LogP contribution in [0.15, 0.2) is 42.6 Å². The van der Waals surface area contributed by atoms with E-state index in [2.05, 4.69) is 9.84 Å². The van der Waals surface area contributed by atoms with Gasteiger partial charge in [-0.25, -0.2) is 17.6 Å². The second kappa shape index (κ2) is 7.59. The molecule has 2 aromatic carbocycles. The Morgan fingerprint density at radius 2 is 2.04 bits per heavy atom. The van der Waals surface area contributed by atoms with E-state index in [1.807, 2.05) is 6.07 Å². The van der Waals surface area contributed by atoms with E-state index >= 15 is 0 Å². The summed E-state index contributed by atoms with van der Waals surface area (Å²) in [6, 6.07) is 9.07. The van der Waals surface area contributed by atoms with E-state index in [1.165, 1.54) is 30.5 Å². The van der Waals surface area contributed by atoms with Gasteiger partial charge in [-0.2, -0.15) is 5.10 Å². The number of methoxy groups -OCH3 is 1. The Kier molecular flexibility index (Phi) is 5.37. The summed E-state index contributed by atoms with van der Waals surface area (Å²) in [5, 5.41) is 4.83. The van der Waals surface area contributed by atoms with Crippen molar-refractivity contribution >= 4 is 32.6 Å². The fourth-order valence-electron chi connectivity index (χ4n) is 2.94. The van der Waals surface area contributed by atoms with Crippen LogP contribution >= 0.6 is 0 Å². The lowest BCUT2D eigenvalue weighted by atomic mass is 10.1. The van der Waals surface area contributed by atoms with Crippen molar-refractivity contribution in [2.45, 2.75) is 13.5 Å². The molecule has 0 bridgehead atoms. The molecule has 0 aliphatic rings. The first-order valence-corrected chi connectivity index (χ1v) is 10.2. The van der Waals surface area contributed by atoms with E-state index in [4.69, 9.17) is 0 Å². The van der Waals surface area contributed by atoms with Crippen molar-refractivity contribution in [3.05, 3.63) is 59.5 Å². The maximum absolute atomic E-state index is 14.6. The molecule has 1 aromatic heterocycles. The summed E-state index contributed by atoms with van der Waals surface area (Å²) in [6.45, 7) is 1.32. The Labute approximate surface area is 162 Å². The van der Waals surface area contributed by atoms with Crippen LogP contribution in [0.1, 0.15) is 22.8 Å². The number of ether oxygens (including phenoxy) is 1. The van der Waals surface area contributed by atoms with Crippen molar-refractivity contribution in [1.29, 1.82) is 0 Å². The summed E-state index contributed by atoms with van der Waals surface area (Å²) in [5.41, 5.74) is 1.38. The number of carbonyl (C=O) groups is 1. The Bertz CT molecular complexity index is 1140. The smallest absolute Gasteiger partial charge is 0.337 e. The van der Waals surface area contributed by atoms with E-state index in [-0.39, 0.29) is 23.4 Å². The molecule has 0 aliphatic heterocycles. The van der Waals surface area contributed by atoms with E-state index in [9.17, 15) is 17.6 Å². The third kappa shape index (κ3) is 3.57. The summed E-state index contributed by atoms with van der Waals surface area (Å²) in [5.74, 6) is -1.49. The predicted octanol–water partition coefficient (Wildman–Crippen LogP) is 2.86. The van der Waals surface area contributed by atoms with Gasteiger partial charge in [0, 0.05) is 18.0 Å². The number of benzene rings is 2. The van der Waals surface area contributed by atoms with Crippen LogP contribution in [0, 0.1) is 5.82 Å². The lowest BCUT2D eigenvalue weighted by Gasteiger charge is -2.25. The molecule has 0 unspecified atom stereocenters. The van der Waals surface area contributed by atoms with Gasteiger partial charge in [0.25, 0.3) is 0 Å². The summed E-state index contributed by atoms with van der Waals surface area (Å²) >= 11 is 0. The van der Waals surface area contributed by atoms with Crippen molar-refractivity contribution in [3.8, 4) is 0 Å². The number of sulfonamides is 1. The molecule has 0 radical (unpaired) electrons. The monoisotopic (exact) mass is 405 g/mol. The molecule has 3 aromatic rings. The van der Waals surface area contributed by atoms with Gasteiger partial charge in [0.1, 0.15) is 5.82 Å². The molecule has 9 heteroatoms. The SMILES string of the molecule is CCS(=O)(=O)N(Cc1ccc(C(=O)OC)cc1F)c1cccc2c1cnn2C. The molecule has 0 saturated carbocycles. The number of aromatic nitrogens is 2. The number of carbonyl (C=O) groups excluding carboxylic acids is 1. The van der Waals surface area contributed by atoms with Crippen molar-refractivity contribution in [2.24, 2.45) is 7.05 Å². The van der Waals surface area contributed by atoms with Gasteiger partial charge >= 0.3 is 5.97 Å². The van der Waals surface area contributed by atoms with Crippen LogP contribution in [0.25, 0.3) is 10.9 Å². The minimum Gasteiger partial charge on any atom is -0.465 e. The normalized spacial score (nSPS) is 11.6. The average Bonchev–Trinajstić information content (AvgIpc) is 3.07. The van der Waals surface area contributed by atoms with E-state index in [0.29, 0.717) is 11.1 Å². The number of aryl methyl sites for hydroxylation is 1. The van der Waals surface area contributed by atoms with Crippen LogP contribution < -0.4 is 4.31 Å². The van der Waals surface area contributed by atoms with E-state index in [0.717, 1.165) is 11.6 Å². The second-order valence-corrected chi connectivity index (χ2v) is 8.37. The van der Waals surface area contributed by atoms with Crippen LogP contribution in [0.5, 0.6) is 0 Å². The van der Waals surface area contributed by atoms with Gasteiger partial charge < -0.3 is 4.74 Å². The molecule has 0 saturated heterocycles. The zero-order valence-corrected chi connectivity index (χ0v) is 16.5. The molecule has 0 atom stereocenters. The van der Waals surface area contributed by atoms with Gasteiger partial charge in [-0.05, 0) is 31.2 Å². The number of hydrogen-bond acceptors (Lipinski definition) is 5. The van der Waals surface area contributed by atoms with Gasteiger partial charge in [-0.3, -0.25) is 8.99 Å². The Hall–Kier alpha value is -2.94. The Balaban J connectivity index is 2.09. The average molecular weight is 405 g/mol. The molecule has 148 valence electrons. The fourth-order valence-corrected chi connectivity index (χ4v) is 4.05. The highest BCUT2D eigenvalue weighted by atomic mass is 32.2. The molecular weight excluding hydrogens is 385 g/mol. The van der Waals surface area contributed by atoms with Crippen molar-refractivity contribution in [1.82, 2.24) is 9.78 Å². The number of hydrogen-bond donors (Lipinski definition) is 0. The lowest BCUT2D eigenvalue weighted by molar-refractivity contribution is 0.0600. The van der Waals surface area contributed by atoms with Crippen LogP contribution in [0.2, 0.25) is 0 Å². The highest BCUT2D eigenvalue weighted by Crippen LogP contribution is 2.30. The molecule has 7 nitrogen and oxygen atoms in total. The number of esters is 1. The van der Waals surface area contributed by atoms with Crippen LogP contribution in [0.4, 0.5) is 10.1 Å². The maximum atomic E-state index is 14.6. The highest BCUT2D eigenvalue weighted by molar-refractivity contribution is 7.92. The maximum Gasteiger partial charge on any atom is 0.337 e. The first-order valence-electron chi connectivity index (χ1n) is 8.56. The van der Waals surface area contributed by atoms with Gasteiger partial charge in [0.05, 0.1) is 42.4 Å². The summed E-state index contributed by atoms with van der Waals surface area (Å²) in [4.78, 5) is 11.6. The van der Waals surface area contributed by atoms with Gasteiger partial charge in [-0.15, -0.1) is 0 Å². The number of anilines is 1. The van der Waals surface area contributed by atoms with Crippen molar-refractivity contribution < 1.29 is 22.3 Å². The van der Waals surface area contributed by atoms with Crippen LogP contribution in [0.3, 0.4) is 0 Å². The topological polar surface area (TPSA) is 81.5 Å². The summed E-state index contributed by atoms with van der Waals surface area (Å²) in [6.07, 6.45) is 1.58. The summed E-state index contributed by atoms with van der Waals surface area (Å²) in [7, 11) is -0.737. The number of nitrogens with zero attached hydrogens (tertiary/aromatic N) is 3. The van der Waals surface area contributed by atoms with Gasteiger partial charge in [0.2, 0.25) is 10.0 Å². The van der Waals surface area contributed by atoms with Crippen molar-refractivity contribution in [3.63, 3.8) is 0 Å². The Morgan fingerprint density at radius 1 is 1.29 bits per heavy atom. The van der Waals surface area contributed by atoms with Crippen molar-refractivity contribution in [2.75, 3.05) is 17.2 Å². The van der Waals surface area contributed by atoms with Gasteiger partial charge in [0.15, 0.2) is 0 Å². The highest BCUT2D eigenvalue weighted by Gasteiger charge is 2.25. The fraction of sp³-hybridized carbons (Fsp3) is 0.263. The molecular formula is C19H20FN3O4S. The van der Waals surface area contributed by atoms with Gasteiger partial charge in [-0.1, -0.05) is 12.1 Å². The number of halogens is 1. The number of rotatable bonds is 6. The molecule has 3 rings (SSSR count). The first kappa shape index (κ1) is 19.8. The quantitative estimate of drug-likeness (QED) is 0.589. The molecule has 28 heavy (non-hydrogen) atoms. The Morgan fingerprint density at radius 3 is 2.68 bits per heavy atom. The minimum atomic E-state index is -3.70. The molecule has 0 spiro atoms. The standard InChI is InChI=1S/C19H20FN3O4S/c1-4-28(25,26)23(18-7-5-6-17-15(18)11-21-22(17)2)12-14-9-8-13(10-16(14)20)19(24)27-3/h5-11H,4,12H2,1-3H3. The first-order chi connectivity index (χ1) is 13.3. The second-order valence-electron chi connectivity index (χ2n) is 6.18. The molecule has 0 amide bonds. The summed E-state index contributed by atoms with van der Waals surface area (Å²) < 4.78 is 47.6. The van der Waals surface area contributed by atoms with E-state index < -0.39 is 21.8 Å². The largest absolute Gasteiger partial charge is 0.465 e. The zero-order valence-electron chi connectivity index (χ0n) is 15.7. The molecule has 0 N–H and O–H groups in total. The number of fused-ring (bicyclic) bond motifs is 1. The molecule has 1 heterocycles. The molecule has 0 fully saturated rings. The third-order valence-corrected chi connectivity index (χ3v) is 6.25.